The number of amides is 1. The molecule has 0 fully saturated rings. The molecule has 0 aliphatic heterocycles. The van der Waals surface area contributed by atoms with Gasteiger partial charge in [0.15, 0.2) is 0 Å². The topological polar surface area (TPSA) is 69.6 Å². The molecule has 0 heterocycles. The molecule has 0 saturated heterocycles. The van der Waals surface area contributed by atoms with Gasteiger partial charge in [-0.05, 0) is 12.1 Å². The lowest BCUT2D eigenvalue weighted by Crippen LogP contribution is -2.34. The van der Waals surface area contributed by atoms with Crippen LogP contribution >= 0.6 is 31.9 Å². The second kappa shape index (κ2) is 6.60. The molecule has 1 aromatic carbocycles. The van der Waals surface area contributed by atoms with Gasteiger partial charge in [0, 0.05) is 28.0 Å². The first-order chi connectivity index (χ1) is 8.32. The first kappa shape index (κ1) is 15.6. The van der Waals surface area contributed by atoms with Gasteiger partial charge in [-0.3, -0.25) is 4.79 Å². The van der Waals surface area contributed by atoms with E-state index in [-0.39, 0.29) is 18.0 Å². The van der Waals surface area contributed by atoms with Crippen LogP contribution in [0.4, 0.5) is 4.39 Å². The number of nitrogens with one attached hydrogen (secondary N) is 1. The summed E-state index contributed by atoms with van der Waals surface area (Å²) >= 11 is 6.23. The van der Waals surface area contributed by atoms with Crippen LogP contribution in [0.25, 0.3) is 0 Å². The Hall–Kier alpha value is -0.500. The standard InChI is InChI=1S/C11H12Br2FNO3/c1-5(16)15-4-9(17)11(18)10-7(13)2-6(12)3-8(10)14/h2-3,9,11,17-18H,4H2,1H3,(H,15,16). The van der Waals surface area contributed by atoms with Crippen LogP contribution in [0, 0.1) is 5.82 Å². The number of aliphatic hydroxyl groups excluding tert-OH is 2. The van der Waals surface area contributed by atoms with E-state index in [2.05, 4.69) is 37.2 Å². The SMILES string of the molecule is CC(=O)NCC(O)C(O)c1c(F)cc(Br)cc1Br. The summed E-state index contributed by atoms with van der Waals surface area (Å²) in [6.45, 7) is 1.13. The van der Waals surface area contributed by atoms with Gasteiger partial charge in [0.25, 0.3) is 0 Å². The maximum atomic E-state index is 13.7. The normalized spacial score (nSPS) is 14.1. The van der Waals surface area contributed by atoms with E-state index in [1.165, 1.54) is 13.0 Å². The number of rotatable bonds is 4. The van der Waals surface area contributed by atoms with E-state index in [0.717, 1.165) is 0 Å². The molecule has 2 atom stereocenters. The molecule has 0 aliphatic rings. The molecule has 2 unspecified atom stereocenters. The molecular weight excluding hydrogens is 373 g/mol. The van der Waals surface area contributed by atoms with Gasteiger partial charge in [0.05, 0.1) is 0 Å². The van der Waals surface area contributed by atoms with Crippen molar-refractivity contribution in [2.45, 2.75) is 19.1 Å². The number of hydrogen-bond acceptors (Lipinski definition) is 3. The van der Waals surface area contributed by atoms with Gasteiger partial charge in [0.1, 0.15) is 18.0 Å². The van der Waals surface area contributed by atoms with Crippen LogP contribution in [0.3, 0.4) is 0 Å². The van der Waals surface area contributed by atoms with E-state index in [4.69, 9.17) is 0 Å². The van der Waals surface area contributed by atoms with Gasteiger partial charge < -0.3 is 15.5 Å². The molecule has 4 nitrogen and oxygen atoms in total. The molecule has 1 amide bonds. The van der Waals surface area contributed by atoms with Crippen molar-refractivity contribution in [2.24, 2.45) is 0 Å². The van der Waals surface area contributed by atoms with E-state index >= 15 is 0 Å². The van der Waals surface area contributed by atoms with Crippen LogP contribution in [0.15, 0.2) is 21.1 Å². The largest absolute Gasteiger partial charge is 0.388 e. The molecule has 0 spiro atoms. The average molecular weight is 385 g/mol. The van der Waals surface area contributed by atoms with Crippen molar-refractivity contribution >= 4 is 37.8 Å². The average Bonchev–Trinajstić information content (AvgIpc) is 2.24. The Kier molecular flexibility index (Phi) is 5.71. The van der Waals surface area contributed by atoms with Gasteiger partial charge >= 0.3 is 0 Å². The Morgan fingerprint density at radius 2 is 2.06 bits per heavy atom. The maximum absolute atomic E-state index is 13.7. The molecule has 0 saturated carbocycles. The van der Waals surface area contributed by atoms with Crippen LogP contribution in [-0.2, 0) is 4.79 Å². The van der Waals surface area contributed by atoms with E-state index in [9.17, 15) is 19.4 Å². The third-order valence-corrected chi connectivity index (χ3v) is 3.38. The first-order valence-electron chi connectivity index (χ1n) is 5.08. The third kappa shape index (κ3) is 4.01. The molecule has 0 aromatic heterocycles. The van der Waals surface area contributed by atoms with Crippen LogP contribution in [-0.4, -0.2) is 28.8 Å². The van der Waals surface area contributed by atoms with E-state index in [0.29, 0.717) is 8.95 Å². The predicted molar refractivity (Wildman–Crippen MR) is 71.5 cm³/mol. The molecule has 100 valence electrons. The van der Waals surface area contributed by atoms with Gasteiger partial charge in [-0.2, -0.15) is 0 Å². The quantitative estimate of drug-likeness (QED) is 0.742. The lowest BCUT2D eigenvalue weighted by Gasteiger charge is -2.20. The Balaban J connectivity index is 2.89. The summed E-state index contributed by atoms with van der Waals surface area (Å²) in [6, 6.07) is 2.75. The molecule has 18 heavy (non-hydrogen) atoms. The Morgan fingerprint density at radius 3 is 2.56 bits per heavy atom. The summed E-state index contributed by atoms with van der Waals surface area (Å²) in [5.74, 6) is -0.984. The maximum Gasteiger partial charge on any atom is 0.216 e. The fraction of sp³-hybridized carbons (Fsp3) is 0.364. The highest BCUT2D eigenvalue weighted by molar-refractivity contribution is 9.11. The highest BCUT2D eigenvalue weighted by atomic mass is 79.9. The summed E-state index contributed by atoms with van der Waals surface area (Å²) < 4.78 is 14.6. The highest BCUT2D eigenvalue weighted by Crippen LogP contribution is 2.31. The molecular formula is C11H12Br2FNO3. The van der Waals surface area contributed by atoms with Gasteiger partial charge in [-0.15, -0.1) is 0 Å². The van der Waals surface area contributed by atoms with Crippen molar-refractivity contribution in [3.8, 4) is 0 Å². The second-order valence-corrected chi connectivity index (χ2v) is 5.50. The minimum absolute atomic E-state index is 0.0453. The Labute approximate surface area is 120 Å². The summed E-state index contributed by atoms with van der Waals surface area (Å²) in [6.07, 6.45) is -2.72. The van der Waals surface area contributed by atoms with Gasteiger partial charge in [-0.25, -0.2) is 4.39 Å². The Bertz CT molecular complexity index is 433. The van der Waals surface area contributed by atoms with Crippen molar-refractivity contribution in [1.29, 1.82) is 0 Å². The molecule has 1 aromatic rings. The van der Waals surface area contributed by atoms with Crippen LogP contribution in [0.1, 0.15) is 18.6 Å². The Morgan fingerprint density at radius 1 is 1.44 bits per heavy atom. The zero-order valence-electron chi connectivity index (χ0n) is 9.45. The number of benzene rings is 1. The molecule has 0 aliphatic carbocycles. The van der Waals surface area contributed by atoms with Crippen molar-refractivity contribution in [3.63, 3.8) is 0 Å². The highest BCUT2D eigenvalue weighted by Gasteiger charge is 2.24. The van der Waals surface area contributed by atoms with Crippen molar-refractivity contribution in [2.75, 3.05) is 6.54 Å². The van der Waals surface area contributed by atoms with E-state index in [1.54, 1.807) is 6.07 Å². The molecule has 0 radical (unpaired) electrons. The van der Waals surface area contributed by atoms with E-state index in [1.807, 2.05) is 0 Å². The third-order valence-electron chi connectivity index (χ3n) is 2.26. The smallest absolute Gasteiger partial charge is 0.216 e. The fourth-order valence-electron chi connectivity index (χ4n) is 1.39. The number of carbonyl (C=O) groups is 1. The van der Waals surface area contributed by atoms with Crippen LogP contribution in [0.2, 0.25) is 0 Å². The van der Waals surface area contributed by atoms with E-state index < -0.39 is 18.0 Å². The zero-order valence-corrected chi connectivity index (χ0v) is 12.6. The minimum Gasteiger partial charge on any atom is -0.388 e. The fourth-order valence-corrected chi connectivity index (χ4v) is 2.80. The van der Waals surface area contributed by atoms with Crippen molar-refractivity contribution in [1.82, 2.24) is 5.32 Å². The number of halogens is 3. The van der Waals surface area contributed by atoms with Crippen molar-refractivity contribution in [3.05, 3.63) is 32.5 Å². The molecule has 0 bridgehead atoms. The lowest BCUT2D eigenvalue weighted by molar-refractivity contribution is -0.119. The number of carbonyl (C=O) groups excluding carboxylic acids is 1. The van der Waals surface area contributed by atoms with Gasteiger partial charge in [0.2, 0.25) is 5.91 Å². The number of aliphatic hydroxyl groups is 2. The summed E-state index contributed by atoms with van der Waals surface area (Å²) in [7, 11) is 0. The monoisotopic (exact) mass is 383 g/mol. The van der Waals surface area contributed by atoms with Crippen LogP contribution in [0.5, 0.6) is 0 Å². The van der Waals surface area contributed by atoms with Gasteiger partial charge in [-0.1, -0.05) is 31.9 Å². The lowest BCUT2D eigenvalue weighted by atomic mass is 10.0. The molecule has 7 heteroatoms. The van der Waals surface area contributed by atoms with Crippen LogP contribution < -0.4 is 5.32 Å². The summed E-state index contributed by atoms with van der Waals surface area (Å²) in [5, 5.41) is 21.9. The minimum atomic E-state index is -1.43. The summed E-state index contributed by atoms with van der Waals surface area (Å²) in [4.78, 5) is 10.7. The van der Waals surface area contributed by atoms with Crippen molar-refractivity contribution < 1.29 is 19.4 Å². The first-order valence-corrected chi connectivity index (χ1v) is 6.66. The molecule has 1 rings (SSSR count). The zero-order chi connectivity index (χ0) is 13.9. The summed E-state index contributed by atoms with van der Waals surface area (Å²) in [5.41, 5.74) is -0.0453. The second-order valence-electron chi connectivity index (χ2n) is 3.73. The predicted octanol–water partition coefficient (Wildman–Crippen LogP) is 1.88. The number of hydrogen-bond donors (Lipinski definition) is 3. The molecule has 3 N–H and O–H groups in total.